The van der Waals surface area contributed by atoms with E-state index in [1.165, 1.54) is 12.1 Å². The molecule has 2 N–H and O–H groups in total. The molecule has 1 fully saturated rings. The number of aromatic nitrogens is 2. The number of amides is 2. The van der Waals surface area contributed by atoms with Crippen LogP contribution in [0.5, 0.6) is 0 Å². The van der Waals surface area contributed by atoms with E-state index in [9.17, 15) is 14.0 Å². The topological polar surface area (TPSA) is 81.3 Å². The molecule has 1 aliphatic rings. The van der Waals surface area contributed by atoms with Crippen molar-refractivity contribution >= 4 is 40.1 Å². The normalized spacial score (nSPS) is 13.8. The van der Waals surface area contributed by atoms with Gasteiger partial charge in [0.1, 0.15) is 5.82 Å². The molecular formula is C26H23ClFN5O2. The molecule has 0 unspecified atom stereocenters. The minimum atomic E-state index is -0.511. The van der Waals surface area contributed by atoms with E-state index in [0.29, 0.717) is 38.3 Å². The number of fused-ring (bicyclic) bond motifs is 1. The van der Waals surface area contributed by atoms with Crippen molar-refractivity contribution in [3.05, 3.63) is 94.3 Å². The first-order valence-corrected chi connectivity index (χ1v) is 11.7. The number of hydrogen-bond donors (Lipinski definition) is 2. The Balaban J connectivity index is 1.17. The first-order valence-electron chi connectivity index (χ1n) is 11.3. The highest BCUT2D eigenvalue weighted by molar-refractivity contribution is 6.33. The maximum Gasteiger partial charge on any atom is 0.255 e. The lowest BCUT2D eigenvalue weighted by atomic mass is 10.1. The molecule has 2 heterocycles. The van der Waals surface area contributed by atoms with Crippen LogP contribution in [-0.2, 0) is 6.54 Å². The van der Waals surface area contributed by atoms with Gasteiger partial charge in [-0.2, -0.15) is 5.10 Å². The zero-order chi connectivity index (χ0) is 24.4. The molecule has 3 aromatic carbocycles. The van der Waals surface area contributed by atoms with Crippen molar-refractivity contribution in [3.63, 3.8) is 0 Å². The summed E-state index contributed by atoms with van der Waals surface area (Å²) in [6.07, 6.45) is 0. The van der Waals surface area contributed by atoms with Crippen LogP contribution in [0.25, 0.3) is 10.9 Å². The average molecular weight is 492 g/mol. The molecule has 1 saturated heterocycles. The molecule has 7 nitrogen and oxygen atoms in total. The molecule has 0 radical (unpaired) electrons. The van der Waals surface area contributed by atoms with Crippen LogP contribution in [0.1, 0.15) is 26.3 Å². The van der Waals surface area contributed by atoms with E-state index in [2.05, 4.69) is 15.5 Å². The molecule has 5 rings (SSSR count). The lowest BCUT2D eigenvalue weighted by molar-refractivity contribution is 0.0535. The number of aromatic amines is 1. The molecule has 178 valence electrons. The zero-order valence-electron chi connectivity index (χ0n) is 18.8. The number of H-pyrrole nitrogens is 1. The third-order valence-electron chi connectivity index (χ3n) is 6.14. The monoisotopic (exact) mass is 491 g/mol. The largest absolute Gasteiger partial charge is 0.364 e. The molecule has 0 bridgehead atoms. The van der Waals surface area contributed by atoms with Crippen LogP contribution in [-0.4, -0.2) is 58.0 Å². The van der Waals surface area contributed by atoms with E-state index >= 15 is 0 Å². The summed E-state index contributed by atoms with van der Waals surface area (Å²) in [6.45, 7) is 2.08. The third kappa shape index (κ3) is 4.83. The number of anilines is 1. The number of halogens is 2. The Kier molecular flexibility index (Phi) is 6.37. The molecule has 0 aliphatic carbocycles. The Labute approximate surface area is 206 Å². The van der Waals surface area contributed by atoms with E-state index in [1.54, 1.807) is 9.80 Å². The van der Waals surface area contributed by atoms with Crippen LogP contribution in [0.2, 0.25) is 5.02 Å². The van der Waals surface area contributed by atoms with Crippen molar-refractivity contribution in [1.29, 1.82) is 0 Å². The van der Waals surface area contributed by atoms with Crippen LogP contribution in [0.3, 0.4) is 0 Å². The molecular weight excluding hydrogens is 469 g/mol. The van der Waals surface area contributed by atoms with Gasteiger partial charge in [0.2, 0.25) is 0 Å². The predicted octanol–water partition coefficient (Wildman–Crippen LogP) is 4.57. The van der Waals surface area contributed by atoms with Gasteiger partial charge in [-0.05, 0) is 48.0 Å². The fraction of sp³-hybridized carbons (Fsp3) is 0.192. The molecule has 0 atom stereocenters. The molecule has 0 saturated carbocycles. The van der Waals surface area contributed by atoms with Gasteiger partial charge in [-0.25, -0.2) is 4.39 Å². The molecule has 2 amide bonds. The third-order valence-corrected chi connectivity index (χ3v) is 6.47. The number of hydrogen-bond acceptors (Lipinski definition) is 4. The van der Waals surface area contributed by atoms with Crippen LogP contribution in [0.4, 0.5) is 10.2 Å². The number of benzene rings is 3. The van der Waals surface area contributed by atoms with Crippen LogP contribution >= 0.6 is 11.6 Å². The van der Waals surface area contributed by atoms with Crippen molar-refractivity contribution in [2.24, 2.45) is 0 Å². The lowest BCUT2D eigenvalue weighted by Crippen LogP contribution is -2.50. The van der Waals surface area contributed by atoms with Gasteiger partial charge in [-0.3, -0.25) is 14.7 Å². The van der Waals surface area contributed by atoms with E-state index in [-0.39, 0.29) is 22.4 Å². The number of nitrogens with zero attached hydrogens (tertiary/aromatic N) is 3. The fourth-order valence-corrected chi connectivity index (χ4v) is 4.37. The highest BCUT2D eigenvalue weighted by Gasteiger charge is 2.26. The predicted molar refractivity (Wildman–Crippen MR) is 133 cm³/mol. The van der Waals surface area contributed by atoms with Crippen molar-refractivity contribution in [2.75, 3.05) is 31.5 Å². The zero-order valence-corrected chi connectivity index (χ0v) is 19.6. The lowest BCUT2D eigenvalue weighted by Gasteiger charge is -2.35. The minimum absolute atomic E-state index is 0.0845. The van der Waals surface area contributed by atoms with Gasteiger partial charge >= 0.3 is 0 Å². The first-order chi connectivity index (χ1) is 17.0. The highest BCUT2D eigenvalue weighted by atomic mass is 35.5. The molecule has 4 aromatic rings. The van der Waals surface area contributed by atoms with Crippen molar-refractivity contribution in [3.8, 4) is 0 Å². The molecule has 35 heavy (non-hydrogen) atoms. The van der Waals surface area contributed by atoms with Gasteiger partial charge in [0.25, 0.3) is 11.8 Å². The van der Waals surface area contributed by atoms with Crippen molar-refractivity contribution in [1.82, 2.24) is 20.0 Å². The molecule has 0 spiro atoms. The second-order valence-corrected chi connectivity index (χ2v) is 8.78. The summed E-state index contributed by atoms with van der Waals surface area (Å²) in [5.74, 6) is -0.141. The number of nitrogens with one attached hydrogen (secondary N) is 2. The minimum Gasteiger partial charge on any atom is -0.364 e. The van der Waals surface area contributed by atoms with Gasteiger partial charge in [0.15, 0.2) is 5.82 Å². The summed E-state index contributed by atoms with van der Waals surface area (Å²) in [7, 11) is 0. The number of rotatable bonds is 5. The van der Waals surface area contributed by atoms with Crippen LogP contribution < -0.4 is 5.32 Å². The Morgan fingerprint density at radius 2 is 1.63 bits per heavy atom. The Morgan fingerprint density at radius 3 is 2.37 bits per heavy atom. The summed E-state index contributed by atoms with van der Waals surface area (Å²) >= 11 is 6.07. The maximum absolute atomic E-state index is 13.6. The van der Waals surface area contributed by atoms with E-state index in [1.807, 2.05) is 48.5 Å². The van der Waals surface area contributed by atoms with Gasteiger partial charge in [-0.1, -0.05) is 35.9 Å². The molecule has 9 heteroatoms. The maximum atomic E-state index is 13.6. The van der Waals surface area contributed by atoms with E-state index in [0.717, 1.165) is 28.4 Å². The van der Waals surface area contributed by atoms with Gasteiger partial charge in [-0.15, -0.1) is 0 Å². The Bertz CT molecular complexity index is 1380. The summed E-state index contributed by atoms with van der Waals surface area (Å²) in [4.78, 5) is 29.0. The van der Waals surface area contributed by atoms with Gasteiger partial charge in [0.05, 0.1) is 16.1 Å². The fourth-order valence-electron chi connectivity index (χ4n) is 4.18. The average Bonchev–Trinajstić information content (AvgIpc) is 3.31. The molecule has 1 aromatic heterocycles. The summed E-state index contributed by atoms with van der Waals surface area (Å²) in [5, 5.41) is 11.9. The first kappa shape index (κ1) is 22.9. The molecule has 1 aliphatic heterocycles. The van der Waals surface area contributed by atoms with Crippen LogP contribution in [0, 0.1) is 5.82 Å². The Hall–Kier alpha value is -3.91. The van der Waals surface area contributed by atoms with Crippen LogP contribution in [0.15, 0.2) is 66.7 Å². The standard InChI is InChI=1S/C26H23ClFN5O2/c27-22-10-9-19(28)15-21(22)26(35)33-13-11-32(12-14-33)25(34)18-7-5-17(6-8-18)16-29-24-20-3-1-2-4-23(20)30-31-24/h1-10,15H,11-14,16H2,(H2,29,30,31). The summed E-state index contributed by atoms with van der Waals surface area (Å²) in [5.41, 5.74) is 2.72. The van der Waals surface area contributed by atoms with E-state index < -0.39 is 5.82 Å². The smallest absolute Gasteiger partial charge is 0.255 e. The number of carbonyl (C=O) groups is 2. The highest BCUT2D eigenvalue weighted by Crippen LogP contribution is 2.22. The number of piperazine rings is 1. The number of para-hydroxylation sites is 1. The summed E-state index contributed by atoms with van der Waals surface area (Å²) in [6, 6.07) is 19.1. The van der Waals surface area contributed by atoms with Crippen molar-refractivity contribution in [2.45, 2.75) is 6.54 Å². The number of carbonyl (C=O) groups excluding carboxylic acids is 2. The van der Waals surface area contributed by atoms with Gasteiger partial charge in [0, 0.05) is 43.7 Å². The SMILES string of the molecule is O=C(c1ccc(CNc2n[nH]c3ccccc23)cc1)N1CCN(C(=O)c2cc(F)ccc2Cl)CC1. The van der Waals surface area contributed by atoms with Crippen molar-refractivity contribution < 1.29 is 14.0 Å². The van der Waals surface area contributed by atoms with E-state index in [4.69, 9.17) is 11.6 Å². The summed E-state index contributed by atoms with van der Waals surface area (Å²) < 4.78 is 13.6. The second-order valence-electron chi connectivity index (χ2n) is 8.38. The quantitative estimate of drug-likeness (QED) is 0.428. The Morgan fingerprint density at radius 1 is 0.943 bits per heavy atom. The van der Waals surface area contributed by atoms with Gasteiger partial charge < -0.3 is 15.1 Å². The second kappa shape index (κ2) is 9.76.